The normalized spacial score (nSPS) is 14.2. The summed E-state index contributed by atoms with van der Waals surface area (Å²) in [7, 11) is -3.43. The van der Waals surface area contributed by atoms with E-state index < -0.39 is 21.5 Å². The van der Waals surface area contributed by atoms with Crippen molar-refractivity contribution >= 4 is 55.8 Å². The van der Waals surface area contributed by atoms with Crippen LogP contribution in [0, 0.1) is 0 Å². The van der Waals surface area contributed by atoms with E-state index in [1.165, 1.54) is 0 Å². The van der Waals surface area contributed by atoms with Crippen LogP contribution < -0.4 is 10.2 Å². The number of nitrogens with zero attached hydrogens (tertiary/aromatic N) is 5. The van der Waals surface area contributed by atoms with Gasteiger partial charge in [-0.2, -0.15) is 5.10 Å². The molecule has 41 heavy (non-hydrogen) atoms. The lowest BCUT2D eigenvalue weighted by molar-refractivity contribution is -0.113. The minimum atomic E-state index is -3.43. The molecular weight excluding hydrogens is 540 g/mol. The molecule has 0 aliphatic carbocycles. The van der Waals surface area contributed by atoms with Crippen LogP contribution in [0.25, 0.3) is 40.0 Å². The number of fused-ring (bicyclic) bond motifs is 2. The van der Waals surface area contributed by atoms with Gasteiger partial charge < -0.3 is 15.0 Å². The zero-order chi connectivity index (χ0) is 28.4. The summed E-state index contributed by atoms with van der Waals surface area (Å²) >= 11 is 0. The van der Waals surface area contributed by atoms with Crippen molar-refractivity contribution < 1.29 is 17.9 Å². The lowest BCUT2D eigenvalue weighted by atomic mass is 10.1. The van der Waals surface area contributed by atoms with Crippen molar-refractivity contribution in [1.29, 1.82) is 0 Å². The quantitative estimate of drug-likeness (QED) is 0.314. The van der Waals surface area contributed by atoms with Gasteiger partial charge in [0.15, 0.2) is 15.5 Å². The third-order valence-electron chi connectivity index (χ3n) is 6.74. The summed E-state index contributed by atoms with van der Waals surface area (Å²) < 4.78 is 30.3. The minimum Gasteiger partial charge on any atom is -0.378 e. The third-order valence-corrected chi connectivity index (χ3v) is 7.53. The Morgan fingerprint density at radius 3 is 2.54 bits per heavy atom. The van der Waals surface area contributed by atoms with E-state index in [9.17, 15) is 13.2 Å². The van der Waals surface area contributed by atoms with Crippen LogP contribution in [0.2, 0.25) is 0 Å². The Balaban J connectivity index is 1.40. The lowest BCUT2D eigenvalue weighted by Crippen LogP contribution is -2.36. The number of hydrogen-bond donors (Lipinski definition) is 1. The zero-order valence-electron chi connectivity index (χ0n) is 22.4. The monoisotopic (exact) mass is 568 g/mol. The average molecular weight is 569 g/mol. The van der Waals surface area contributed by atoms with Crippen molar-refractivity contribution in [2.45, 2.75) is 0 Å². The maximum atomic E-state index is 12.1. The van der Waals surface area contributed by atoms with Gasteiger partial charge in [0, 0.05) is 36.0 Å². The molecule has 5 aromatic rings. The number of ether oxygens (including phenoxy) is 1. The van der Waals surface area contributed by atoms with Crippen molar-refractivity contribution in [3.63, 3.8) is 0 Å². The molecule has 10 nitrogen and oxygen atoms in total. The summed E-state index contributed by atoms with van der Waals surface area (Å²) in [5.41, 5.74) is 6.22. The summed E-state index contributed by atoms with van der Waals surface area (Å²) in [6.45, 7) is 2.82. The van der Waals surface area contributed by atoms with Crippen molar-refractivity contribution in [3.8, 4) is 11.3 Å². The number of rotatable bonds is 7. The van der Waals surface area contributed by atoms with Crippen molar-refractivity contribution in [2.24, 2.45) is 0 Å². The highest BCUT2D eigenvalue weighted by atomic mass is 32.2. The van der Waals surface area contributed by atoms with Crippen molar-refractivity contribution in [1.82, 2.24) is 19.6 Å². The second-order valence-electron chi connectivity index (χ2n) is 9.85. The number of aromatic nitrogens is 4. The van der Waals surface area contributed by atoms with E-state index in [2.05, 4.69) is 15.3 Å². The molecule has 0 saturated carbocycles. The molecule has 2 aromatic carbocycles. The number of benzene rings is 2. The average Bonchev–Trinajstić information content (AvgIpc) is 3.34. The van der Waals surface area contributed by atoms with Gasteiger partial charge in [0.05, 0.1) is 42.0 Å². The fourth-order valence-electron chi connectivity index (χ4n) is 4.88. The molecule has 1 aliphatic heterocycles. The topological polar surface area (TPSA) is 119 Å². The molecule has 1 amide bonds. The van der Waals surface area contributed by atoms with E-state index in [4.69, 9.17) is 14.7 Å². The Labute approximate surface area is 237 Å². The fourth-order valence-corrected chi connectivity index (χ4v) is 5.42. The van der Waals surface area contributed by atoms with Gasteiger partial charge in [0.2, 0.25) is 5.91 Å². The van der Waals surface area contributed by atoms with Crippen molar-refractivity contribution in [2.75, 3.05) is 48.5 Å². The molecule has 0 unspecified atom stereocenters. The van der Waals surface area contributed by atoms with Gasteiger partial charge in [-0.25, -0.2) is 22.9 Å². The molecule has 11 heteroatoms. The number of imidazole rings is 1. The van der Waals surface area contributed by atoms with Gasteiger partial charge in [-0.15, -0.1) is 0 Å². The van der Waals surface area contributed by atoms with Gasteiger partial charge in [0.25, 0.3) is 0 Å². The maximum absolute atomic E-state index is 12.1. The molecule has 0 bridgehead atoms. The first-order valence-corrected chi connectivity index (χ1v) is 15.2. The standard InChI is InChI=1S/C30H28N6O4S/c1-41(38,39)20-28(37)33-24-10-7-22(8-11-24)29-26(13-12-23-9-6-21-4-2-3-5-25(21)32-23)34-30-27(14-15-31-36(29)30)35-16-18-40-19-17-35/h2-15H,16-20H2,1H3,(H,33,37)/b13-12+. The van der Waals surface area contributed by atoms with E-state index in [0.29, 0.717) is 24.6 Å². The Morgan fingerprint density at radius 2 is 1.76 bits per heavy atom. The molecule has 0 atom stereocenters. The number of morpholine rings is 1. The molecule has 4 heterocycles. The van der Waals surface area contributed by atoms with E-state index >= 15 is 0 Å². The Hall–Kier alpha value is -4.61. The number of nitrogens with one attached hydrogen (secondary N) is 1. The van der Waals surface area contributed by atoms with E-state index in [-0.39, 0.29) is 0 Å². The number of pyridine rings is 1. The molecule has 3 aromatic heterocycles. The van der Waals surface area contributed by atoms with Crippen LogP contribution in [0.15, 0.2) is 72.9 Å². The second-order valence-corrected chi connectivity index (χ2v) is 12.0. The molecule has 1 N–H and O–H groups in total. The lowest BCUT2D eigenvalue weighted by Gasteiger charge is -2.28. The third kappa shape index (κ3) is 5.96. The number of amides is 1. The number of carbonyl (C=O) groups excluding carboxylic acids is 1. The van der Waals surface area contributed by atoms with Crippen LogP contribution in [-0.2, 0) is 19.4 Å². The van der Waals surface area contributed by atoms with Crippen LogP contribution in [0.4, 0.5) is 11.4 Å². The Morgan fingerprint density at radius 1 is 0.976 bits per heavy atom. The zero-order valence-corrected chi connectivity index (χ0v) is 23.2. The molecule has 1 fully saturated rings. The van der Waals surface area contributed by atoms with Crippen LogP contribution in [0.1, 0.15) is 11.4 Å². The molecule has 1 saturated heterocycles. The highest BCUT2D eigenvalue weighted by Gasteiger charge is 2.21. The fraction of sp³-hybridized carbons (Fsp3) is 0.200. The van der Waals surface area contributed by atoms with Gasteiger partial charge >= 0.3 is 0 Å². The summed E-state index contributed by atoms with van der Waals surface area (Å²) in [6, 6.07) is 21.1. The van der Waals surface area contributed by atoms with Gasteiger partial charge in [-0.05, 0) is 42.5 Å². The van der Waals surface area contributed by atoms with Crippen LogP contribution in [0.5, 0.6) is 0 Å². The summed E-state index contributed by atoms with van der Waals surface area (Å²) in [5, 5.41) is 8.36. The van der Waals surface area contributed by atoms with Crippen molar-refractivity contribution in [3.05, 3.63) is 84.3 Å². The smallest absolute Gasteiger partial charge is 0.239 e. The van der Waals surface area contributed by atoms with Crippen LogP contribution >= 0.6 is 0 Å². The number of para-hydroxylation sites is 1. The van der Waals surface area contributed by atoms with Crippen LogP contribution in [0.3, 0.4) is 0 Å². The van der Waals surface area contributed by atoms with Crippen LogP contribution in [-0.4, -0.2) is 72.2 Å². The summed E-state index contributed by atoms with van der Waals surface area (Å²) in [4.78, 5) is 24.1. The predicted molar refractivity (Wildman–Crippen MR) is 160 cm³/mol. The number of hydrogen-bond acceptors (Lipinski definition) is 8. The van der Waals surface area contributed by atoms with Gasteiger partial charge in [-0.3, -0.25) is 4.79 Å². The number of carbonyl (C=O) groups is 1. The van der Waals surface area contributed by atoms with E-state index in [1.807, 2.05) is 71.3 Å². The number of anilines is 2. The molecular formula is C30H28N6O4S. The Kier molecular flexibility index (Phi) is 7.21. The minimum absolute atomic E-state index is 0.496. The van der Waals surface area contributed by atoms with Gasteiger partial charge in [0.1, 0.15) is 11.4 Å². The summed E-state index contributed by atoms with van der Waals surface area (Å²) in [6.07, 6.45) is 6.67. The molecule has 1 aliphatic rings. The molecule has 6 rings (SSSR count). The highest BCUT2D eigenvalue weighted by Crippen LogP contribution is 2.31. The van der Waals surface area contributed by atoms with E-state index in [1.54, 1.807) is 18.3 Å². The first kappa shape index (κ1) is 26.6. The highest BCUT2D eigenvalue weighted by molar-refractivity contribution is 7.91. The Bertz CT molecular complexity index is 1880. The predicted octanol–water partition coefficient (Wildman–Crippen LogP) is 3.93. The molecule has 0 radical (unpaired) electrons. The van der Waals surface area contributed by atoms with E-state index in [0.717, 1.165) is 58.5 Å². The first-order valence-electron chi connectivity index (χ1n) is 13.2. The molecule has 208 valence electrons. The summed E-state index contributed by atoms with van der Waals surface area (Å²) in [5.74, 6) is -1.16. The maximum Gasteiger partial charge on any atom is 0.239 e. The SMILES string of the molecule is CS(=O)(=O)CC(=O)Nc1ccc(-c2c(/C=C/c3ccc4ccccc4n3)nc3c(N4CCOCC4)ccnn23)cc1. The first-order chi connectivity index (χ1) is 19.8. The van der Waals surface area contributed by atoms with Gasteiger partial charge in [-0.1, -0.05) is 36.4 Å². The number of sulfone groups is 1. The molecule has 0 spiro atoms. The second kappa shape index (κ2) is 11.1. The largest absolute Gasteiger partial charge is 0.378 e.